The van der Waals surface area contributed by atoms with Gasteiger partial charge in [-0.15, -0.1) is 0 Å². The SMILES string of the molecule is CCCCc1ccc(CCc2ccc(-c3ccc(CCC)cc3F)cc2)cc1. The zero-order valence-electron chi connectivity index (χ0n) is 17.2. The molecule has 0 aliphatic rings. The normalized spacial score (nSPS) is 11.0. The van der Waals surface area contributed by atoms with Crippen molar-refractivity contribution in [1.29, 1.82) is 0 Å². The van der Waals surface area contributed by atoms with Gasteiger partial charge >= 0.3 is 0 Å². The lowest BCUT2D eigenvalue weighted by molar-refractivity contribution is 0.628. The summed E-state index contributed by atoms with van der Waals surface area (Å²) in [5.41, 5.74) is 6.81. The summed E-state index contributed by atoms with van der Waals surface area (Å²) in [4.78, 5) is 0. The molecule has 0 saturated carbocycles. The fraction of sp³-hybridized carbons (Fsp3) is 0.333. The van der Waals surface area contributed by atoms with Crippen molar-refractivity contribution in [2.75, 3.05) is 0 Å². The molecule has 0 aliphatic carbocycles. The lowest BCUT2D eigenvalue weighted by Gasteiger charge is -2.08. The number of rotatable bonds is 9. The Morgan fingerprint density at radius 2 is 1.11 bits per heavy atom. The molecule has 0 heterocycles. The highest BCUT2D eigenvalue weighted by molar-refractivity contribution is 5.64. The third-order valence-corrected chi connectivity index (χ3v) is 5.38. The van der Waals surface area contributed by atoms with E-state index in [0.717, 1.165) is 36.8 Å². The second-order valence-corrected chi connectivity index (χ2v) is 7.68. The van der Waals surface area contributed by atoms with Crippen molar-refractivity contribution < 1.29 is 4.39 Å². The van der Waals surface area contributed by atoms with Crippen LogP contribution in [0.15, 0.2) is 66.7 Å². The fourth-order valence-electron chi connectivity index (χ4n) is 3.63. The minimum absolute atomic E-state index is 0.123. The number of unbranched alkanes of at least 4 members (excludes halogenated alkanes) is 1. The lowest BCUT2D eigenvalue weighted by Crippen LogP contribution is -1.93. The third kappa shape index (κ3) is 5.55. The van der Waals surface area contributed by atoms with Crippen LogP contribution in [0.2, 0.25) is 0 Å². The quantitative estimate of drug-likeness (QED) is 0.362. The Morgan fingerprint density at radius 3 is 1.64 bits per heavy atom. The molecule has 0 aliphatic heterocycles. The van der Waals surface area contributed by atoms with Gasteiger partial charge in [-0.1, -0.05) is 87.4 Å². The van der Waals surface area contributed by atoms with Crippen LogP contribution in [-0.4, -0.2) is 0 Å². The molecule has 0 atom stereocenters. The average molecular weight is 375 g/mol. The van der Waals surface area contributed by atoms with E-state index >= 15 is 0 Å². The number of hydrogen-bond acceptors (Lipinski definition) is 0. The number of halogens is 1. The van der Waals surface area contributed by atoms with E-state index in [-0.39, 0.29) is 5.82 Å². The van der Waals surface area contributed by atoms with Crippen LogP contribution < -0.4 is 0 Å². The molecule has 0 fully saturated rings. The van der Waals surface area contributed by atoms with Crippen LogP contribution in [0.3, 0.4) is 0 Å². The molecule has 146 valence electrons. The van der Waals surface area contributed by atoms with Gasteiger partial charge in [0.1, 0.15) is 5.82 Å². The molecular weight excluding hydrogens is 343 g/mol. The van der Waals surface area contributed by atoms with E-state index in [1.807, 2.05) is 24.3 Å². The maximum Gasteiger partial charge on any atom is 0.131 e. The molecular formula is C27H31F. The van der Waals surface area contributed by atoms with Gasteiger partial charge in [0.05, 0.1) is 0 Å². The highest BCUT2D eigenvalue weighted by atomic mass is 19.1. The van der Waals surface area contributed by atoms with Crippen molar-refractivity contribution in [1.82, 2.24) is 0 Å². The summed E-state index contributed by atoms with van der Waals surface area (Å²) >= 11 is 0. The van der Waals surface area contributed by atoms with Crippen molar-refractivity contribution in [3.63, 3.8) is 0 Å². The van der Waals surface area contributed by atoms with Crippen LogP contribution in [0.5, 0.6) is 0 Å². The van der Waals surface area contributed by atoms with Crippen LogP contribution in [0.25, 0.3) is 11.1 Å². The largest absolute Gasteiger partial charge is 0.206 e. The Kier molecular flexibility index (Phi) is 7.42. The first-order valence-electron chi connectivity index (χ1n) is 10.6. The minimum atomic E-state index is -0.123. The van der Waals surface area contributed by atoms with Gasteiger partial charge < -0.3 is 0 Å². The molecule has 0 N–H and O–H groups in total. The first-order chi connectivity index (χ1) is 13.7. The third-order valence-electron chi connectivity index (χ3n) is 5.38. The molecule has 1 heteroatoms. The fourth-order valence-corrected chi connectivity index (χ4v) is 3.63. The Bertz CT molecular complexity index is 860. The summed E-state index contributed by atoms with van der Waals surface area (Å²) in [7, 11) is 0. The predicted octanol–water partition coefficient (Wildman–Crippen LogP) is 7.57. The molecule has 3 aromatic rings. The van der Waals surface area contributed by atoms with E-state index in [9.17, 15) is 4.39 Å². The number of hydrogen-bond donors (Lipinski definition) is 0. The molecule has 28 heavy (non-hydrogen) atoms. The van der Waals surface area contributed by atoms with Crippen LogP contribution in [-0.2, 0) is 25.7 Å². The maximum absolute atomic E-state index is 14.4. The zero-order valence-corrected chi connectivity index (χ0v) is 17.2. The lowest BCUT2D eigenvalue weighted by atomic mass is 9.98. The first kappa shape index (κ1) is 20.3. The van der Waals surface area contributed by atoms with Gasteiger partial charge in [-0.2, -0.15) is 0 Å². The highest BCUT2D eigenvalue weighted by Crippen LogP contribution is 2.25. The van der Waals surface area contributed by atoms with Gasteiger partial charge in [-0.05, 0) is 66.0 Å². The molecule has 0 saturated heterocycles. The molecule has 0 spiro atoms. The van der Waals surface area contributed by atoms with Crippen LogP contribution in [0, 0.1) is 5.82 Å². The van der Waals surface area contributed by atoms with Gasteiger partial charge in [-0.3, -0.25) is 0 Å². The van der Waals surface area contributed by atoms with Crippen LogP contribution in [0.4, 0.5) is 4.39 Å². The Hall–Kier alpha value is -2.41. The van der Waals surface area contributed by atoms with Crippen molar-refractivity contribution in [3.8, 4) is 11.1 Å². The second kappa shape index (κ2) is 10.2. The topological polar surface area (TPSA) is 0 Å². The molecule has 3 rings (SSSR count). The summed E-state index contributed by atoms with van der Waals surface area (Å²) < 4.78 is 14.4. The van der Waals surface area contributed by atoms with E-state index in [1.54, 1.807) is 6.07 Å². The van der Waals surface area contributed by atoms with Gasteiger partial charge in [0, 0.05) is 5.56 Å². The molecule has 3 aromatic carbocycles. The molecule has 0 nitrogen and oxygen atoms in total. The van der Waals surface area contributed by atoms with Gasteiger partial charge in [0.2, 0.25) is 0 Å². The number of benzene rings is 3. The predicted molar refractivity (Wildman–Crippen MR) is 118 cm³/mol. The van der Waals surface area contributed by atoms with E-state index in [4.69, 9.17) is 0 Å². The van der Waals surface area contributed by atoms with Crippen molar-refractivity contribution >= 4 is 0 Å². The van der Waals surface area contributed by atoms with Gasteiger partial charge in [0.25, 0.3) is 0 Å². The van der Waals surface area contributed by atoms with E-state index in [0.29, 0.717) is 5.56 Å². The Labute approximate surface area is 169 Å². The molecule has 0 unspecified atom stereocenters. The van der Waals surface area contributed by atoms with Gasteiger partial charge in [-0.25, -0.2) is 4.39 Å². The molecule has 0 amide bonds. The maximum atomic E-state index is 14.4. The minimum Gasteiger partial charge on any atom is -0.206 e. The zero-order chi connectivity index (χ0) is 19.8. The standard InChI is InChI=1S/C27H31F/c1-3-5-7-21-8-10-22(11-9-21)12-13-23-14-17-25(18-15-23)26-19-16-24(6-4-2)20-27(26)28/h8-11,14-20H,3-7,12-13H2,1-2H3. The molecule has 0 radical (unpaired) electrons. The molecule has 0 aromatic heterocycles. The second-order valence-electron chi connectivity index (χ2n) is 7.68. The van der Waals surface area contributed by atoms with Crippen LogP contribution >= 0.6 is 0 Å². The summed E-state index contributed by atoms with van der Waals surface area (Å²) in [5.74, 6) is -0.123. The smallest absolute Gasteiger partial charge is 0.131 e. The summed E-state index contributed by atoms with van der Waals surface area (Å²) in [5, 5.41) is 0. The van der Waals surface area contributed by atoms with Gasteiger partial charge in [0.15, 0.2) is 0 Å². The Morgan fingerprint density at radius 1 is 0.571 bits per heavy atom. The first-order valence-corrected chi connectivity index (χ1v) is 10.6. The van der Waals surface area contributed by atoms with Crippen molar-refractivity contribution in [2.45, 2.75) is 58.8 Å². The van der Waals surface area contributed by atoms with E-state index in [2.05, 4.69) is 50.2 Å². The van der Waals surface area contributed by atoms with Crippen molar-refractivity contribution in [2.24, 2.45) is 0 Å². The van der Waals surface area contributed by atoms with E-state index < -0.39 is 0 Å². The van der Waals surface area contributed by atoms with E-state index in [1.165, 1.54) is 36.0 Å². The summed E-state index contributed by atoms with van der Waals surface area (Å²) in [6.45, 7) is 4.35. The highest BCUT2D eigenvalue weighted by Gasteiger charge is 2.06. The summed E-state index contributed by atoms with van der Waals surface area (Å²) in [6, 6.07) is 23.0. The molecule has 0 bridgehead atoms. The number of aryl methyl sites for hydroxylation is 4. The monoisotopic (exact) mass is 374 g/mol. The van der Waals surface area contributed by atoms with Crippen molar-refractivity contribution in [3.05, 3.63) is 94.8 Å². The Balaban J connectivity index is 1.60. The summed E-state index contributed by atoms with van der Waals surface area (Å²) in [6.07, 6.45) is 7.68. The average Bonchev–Trinajstić information content (AvgIpc) is 2.72. The van der Waals surface area contributed by atoms with Crippen LogP contribution in [0.1, 0.15) is 55.4 Å².